The molecule has 1 atom stereocenters. The number of fused-ring (bicyclic) bond motifs is 1. The Morgan fingerprint density at radius 3 is 2.55 bits per heavy atom. The molecule has 110 valence electrons. The number of nitrogens with zero attached hydrogens (tertiary/aromatic N) is 3. The van der Waals surface area contributed by atoms with Gasteiger partial charge in [0.05, 0.1) is 6.04 Å². The van der Waals surface area contributed by atoms with Crippen molar-refractivity contribution >= 4 is 12.1 Å². The summed E-state index contributed by atoms with van der Waals surface area (Å²) in [6.45, 7) is 2.16. The number of urea groups is 1. The zero-order chi connectivity index (χ0) is 14.1. The molecule has 2 aliphatic heterocycles. The van der Waals surface area contributed by atoms with Gasteiger partial charge >= 0.3 is 12.1 Å². The van der Waals surface area contributed by atoms with Gasteiger partial charge in [-0.05, 0) is 19.3 Å². The minimum atomic E-state index is -0.903. The predicted octanol–water partition coefficient (Wildman–Crippen LogP) is 0.00120. The van der Waals surface area contributed by atoms with E-state index in [1.54, 1.807) is 0 Å². The van der Waals surface area contributed by atoms with Crippen LogP contribution < -0.4 is 0 Å². The summed E-state index contributed by atoms with van der Waals surface area (Å²) in [5.41, 5.74) is 0.0433. The lowest BCUT2D eigenvalue weighted by atomic mass is 9.39. The highest BCUT2D eigenvalue weighted by Crippen LogP contribution is 2.70. The normalized spacial score (nSPS) is 42.1. The number of carboxylic acid groups (broad SMARTS) is 1. The molecule has 2 bridgehead atoms. The van der Waals surface area contributed by atoms with Gasteiger partial charge in [-0.15, -0.1) is 0 Å². The summed E-state index contributed by atoms with van der Waals surface area (Å²) in [6.07, 6.45) is 1.82. The van der Waals surface area contributed by atoms with E-state index in [9.17, 15) is 14.7 Å². The monoisotopic (exact) mass is 281 g/mol. The average molecular weight is 281 g/mol. The van der Waals surface area contributed by atoms with Gasteiger partial charge in [-0.2, -0.15) is 0 Å². The highest BCUT2D eigenvalue weighted by atomic mass is 16.4. The van der Waals surface area contributed by atoms with Crippen molar-refractivity contribution in [2.75, 3.05) is 32.8 Å². The predicted molar refractivity (Wildman–Crippen MR) is 68.3 cm³/mol. The van der Waals surface area contributed by atoms with E-state index in [1.165, 1.54) is 4.90 Å². The van der Waals surface area contributed by atoms with Gasteiger partial charge in [0.15, 0.2) is 0 Å². The van der Waals surface area contributed by atoms with Gasteiger partial charge in [-0.25, -0.2) is 9.59 Å². The van der Waals surface area contributed by atoms with Crippen molar-refractivity contribution in [2.45, 2.75) is 30.8 Å². The largest absolute Gasteiger partial charge is 0.465 e. The molecule has 3 amide bonds. The van der Waals surface area contributed by atoms with Gasteiger partial charge in [-0.1, -0.05) is 0 Å². The van der Waals surface area contributed by atoms with Gasteiger partial charge < -0.3 is 24.9 Å². The fraction of sp³-hybridized carbons (Fsp3) is 0.846. The first-order chi connectivity index (χ1) is 9.49. The summed E-state index contributed by atoms with van der Waals surface area (Å²) in [5.74, 6) is 0. The number of rotatable bonds is 2. The van der Waals surface area contributed by atoms with Gasteiger partial charge in [-0.3, -0.25) is 0 Å². The van der Waals surface area contributed by atoms with E-state index in [0.717, 1.165) is 19.3 Å². The van der Waals surface area contributed by atoms with E-state index in [0.29, 0.717) is 26.2 Å². The first-order valence-electron chi connectivity index (χ1n) is 7.16. The maximum Gasteiger partial charge on any atom is 0.407 e. The van der Waals surface area contributed by atoms with Crippen LogP contribution in [0.15, 0.2) is 0 Å². The first kappa shape index (κ1) is 12.3. The third-order valence-electron chi connectivity index (χ3n) is 5.64. The van der Waals surface area contributed by atoms with Crippen molar-refractivity contribution in [3.63, 3.8) is 0 Å². The summed E-state index contributed by atoms with van der Waals surface area (Å²) in [5, 5.41) is 18.4. The van der Waals surface area contributed by atoms with Crippen molar-refractivity contribution in [1.82, 2.24) is 14.7 Å². The van der Waals surface area contributed by atoms with Crippen LogP contribution in [0.1, 0.15) is 19.3 Å². The number of aliphatic hydroxyl groups is 1. The van der Waals surface area contributed by atoms with E-state index in [4.69, 9.17) is 5.11 Å². The molecule has 0 spiro atoms. The van der Waals surface area contributed by atoms with Crippen LogP contribution in [0.2, 0.25) is 0 Å². The van der Waals surface area contributed by atoms with E-state index in [1.807, 2.05) is 9.80 Å². The molecule has 0 radical (unpaired) electrons. The molecule has 0 aromatic heterocycles. The van der Waals surface area contributed by atoms with Gasteiger partial charge in [0.2, 0.25) is 0 Å². The standard InChI is InChI=1S/C13H19N3O4/c17-8-12-5-13(6-12,7-12)16-4-9-3-14(11(19)20)1-2-15(9)10(16)18/h9,17H,1-8H2,(H,19,20)/t9-,12?,13?/m0/s1. The number of hydrogen-bond acceptors (Lipinski definition) is 3. The molecular formula is C13H19N3O4. The van der Waals surface area contributed by atoms with Crippen molar-refractivity contribution < 1.29 is 19.8 Å². The minimum absolute atomic E-state index is 0.00792. The fourth-order valence-corrected chi connectivity index (χ4v) is 4.67. The van der Waals surface area contributed by atoms with Gasteiger partial charge in [0.1, 0.15) is 0 Å². The molecule has 5 fully saturated rings. The van der Waals surface area contributed by atoms with Crippen LogP contribution in [0.4, 0.5) is 9.59 Å². The van der Waals surface area contributed by atoms with Crippen LogP contribution in [0.3, 0.4) is 0 Å². The molecular weight excluding hydrogens is 262 g/mol. The first-order valence-corrected chi connectivity index (χ1v) is 7.16. The van der Waals surface area contributed by atoms with E-state index in [2.05, 4.69) is 0 Å². The zero-order valence-corrected chi connectivity index (χ0v) is 11.3. The molecule has 7 nitrogen and oxygen atoms in total. The number of hydrogen-bond donors (Lipinski definition) is 2. The molecule has 0 aromatic carbocycles. The molecule has 2 saturated heterocycles. The Bertz CT molecular complexity index is 474. The molecule has 7 heteroatoms. The Balaban J connectivity index is 1.47. The molecule has 3 saturated carbocycles. The second-order valence-corrected chi connectivity index (χ2v) is 6.88. The lowest BCUT2D eigenvalue weighted by Gasteiger charge is -2.72. The Morgan fingerprint density at radius 2 is 1.95 bits per heavy atom. The van der Waals surface area contributed by atoms with Crippen LogP contribution >= 0.6 is 0 Å². The summed E-state index contributed by atoms with van der Waals surface area (Å²) < 4.78 is 0. The molecule has 2 N–H and O–H groups in total. The molecule has 3 aliphatic carbocycles. The maximum absolute atomic E-state index is 12.5. The Morgan fingerprint density at radius 1 is 1.25 bits per heavy atom. The lowest BCUT2D eigenvalue weighted by Crippen LogP contribution is -2.76. The average Bonchev–Trinajstić information content (AvgIpc) is 2.64. The molecule has 0 aromatic rings. The number of aliphatic hydroxyl groups excluding tert-OH is 1. The molecule has 5 rings (SSSR count). The summed E-state index contributed by atoms with van der Waals surface area (Å²) in [6, 6.07) is 0.0535. The van der Waals surface area contributed by atoms with Crippen LogP contribution in [-0.2, 0) is 0 Å². The van der Waals surface area contributed by atoms with E-state index in [-0.39, 0.29) is 29.6 Å². The van der Waals surface area contributed by atoms with Crippen LogP contribution in [0.25, 0.3) is 0 Å². The lowest BCUT2D eigenvalue weighted by molar-refractivity contribution is -0.217. The van der Waals surface area contributed by atoms with Gasteiger partial charge in [0, 0.05) is 43.7 Å². The molecule has 2 heterocycles. The molecule has 5 aliphatic rings. The number of carbonyl (C=O) groups is 2. The highest BCUT2D eigenvalue weighted by Gasteiger charge is 2.72. The maximum atomic E-state index is 12.5. The molecule has 20 heavy (non-hydrogen) atoms. The Hall–Kier alpha value is -1.50. The van der Waals surface area contributed by atoms with Crippen molar-refractivity contribution in [3.8, 4) is 0 Å². The summed E-state index contributed by atoms with van der Waals surface area (Å²) >= 11 is 0. The van der Waals surface area contributed by atoms with E-state index < -0.39 is 6.09 Å². The van der Waals surface area contributed by atoms with Crippen LogP contribution in [0.5, 0.6) is 0 Å². The number of piperazine rings is 1. The van der Waals surface area contributed by atoms with Crippen LogP contribution in [-0.4, -0.2) is 81.4 Å². The highest BCUT2D eigenvalue weighted by molar-refractivity contribution is 5.79. The third kappa shape index (κ3) is 1.33. The number of amides is 3. The quantitative estimate of drug-likeness (QED) is 0.746. The van der Waals surface area contributed by atoms with E-state index >= 15 is 0 Å². The topological polar surface area (TPSA) is 84.3 Å². The smallest absolute Gasteiger partial charge is 0.407 e. The zero-order valence-electron chi connectivity index (χ0n) is 11.3. The summed E-state index contributed by atoms with van der Waals surface area (Å²) in [4.78, 5) is 28.7. The second kappa shape index (κ2) is 3.58. The Kier molecular flexibility index (Phi) is 2.19. The SMILES string of the molecule is O=C(O)N1CCN2C(=O)N(C34CC(CO)(C3)C4)C[C@@H]2C1. The van der Waals surface area contributed by atoms with Crippen molar-refractivity contribution in [1.29, 1.82) is 0 Å². The Labute approximate surface area is 116 Å². The van der Waals surface area contributed by atoms with Gasteiger partial charge in [0.25, 0.3) is 0 Å². The molecule has 0 unspecified atom stereocenters. The summed E-state index contributed by atoms with van der Waals surface area (Å²) in [7, 11) is 0. The van der Waals surface area contributed by atoms with Crippen LogP contribution in [0, 0.1) is 5.41 Å². The van der Waals surface area contributed by atoms with Crippen molar-refractivity contribution in [3.05, 3.63) is 0 Å². The number of carbonyl (C=O) groups excluding carboxylic acids is 1. The fourth-order valence-electron chi connectivity index (χ4n) is 4.67. The third-order valence-corrected chi connectivity index (χ3v) is 5.64. The minimum Gasteiger partial charge on any atom is -0.465 e. The van der Waals surface area contributed by atoms with Crippen molar-refractivity contribution in [2.24, 2.45) is 5.41 Å². The second-order valence-electron chi connectivity index (χ2n) is 6.88.